The second-order valence-electron chi connectivity index (χ2n) is 9.87. The Morgan fingerprint density at radius 1 is 0.878 bits per heavy atom. The molecule has 0 bridgehead atoms. The van der Waals surface area contributed by atoms with E-state index < -0.39 is 17.6 Å². The Bertz CT molecular complexity index is 1710. The molecule has 5 aromatic rings. The largest absolute Gasteiger partial charge is 0.421 e. The van der Waals surface area contributed by atoms with Gasteiger partial charge in [-0.05, 0) is 50.2 Å². The van der Waals surface area contributed by atoms with Crippen LogP contribution in [0.1, 0.15) is 17.0 Å². The van der Waals surface area contributed by atoms with Gasteiger partial charge in [-0.25, -0.2) is 4.39 Å². The average molecular weight is 567 g/mol. The minimum absolute atomic E-state index is 0.0235. The number of ether oxygens (including phenoxy) is 1. The molecule has 3 aromatic heterocycles. The van der Waals surface area contributed by atoms with E-state index in [9.17, 15) is 13.2 Å². The summed E-state index contributed by atoms with van der Waals surface area (Å²) in [6.07, 6.45) is -4.41. The van der Waals surface area contributed by atoms with E-state index in [1.54, 1.807) is 30.3 Å². The fourth-order valence-electron chi connectivity index (χ4n) is 4.84. The summed E-state index contributed by atoms with van der Waals surface area (Å²) in [6.45, 7) is 5.62. The van der Waals surface area contributed by atoms with Crippen LogP contribution in [0.25, 0.3) is 10.9 Å². The summed E-state index contributed by atoms with van der Waals surface area (Å²) in [5, 5.41) is 10.6. The first kappa shape index (κ1) is 26.4. The summed E-state index contributed by atoms with van der Waals surface area (Å²) in [5.74, 6) is 0.878. The van der Waals surface area contributed by atoms with Gasteiger partial charge in [-0.15, -0.1) is 0 Å². The summed E-state index contributed by atoms with van der Waals surface area (Å²) in [5.41, 5.74) is 2.14. The molecule has 2 aromatic carbocycles. The molecule has 1 saturated heterocycles. The van der Waals surface area contributed by atoms with Crippen LogP contribution in [0.2, 0.25) is 0 Å². The third-order valence-corrected chi connectivity index (χ3v) is 6.83. The fraction of sp³-hybridized carbons (Fsp3) is 0.250. The average Bonchev–Trinajstić information content (AvgIpc) is 3.54. The number of alkyl halides is 3. The number of anilines is 4. The molecule has 0 atom stereocenters. The number of benzene rings is 2. The fourth-order valence-corrected chi connectivity index (χ4v) is 4.84. The van der Waals surface area contributed by atoms with Gasteiger partial charge in [0, 0.05) is 66.3 Å². The van der Waals surface area contributed by atoms with Crippen molar-refractivity contribution in [1.82, 2.24) is 25.1 Å². The van der Waals surface area contributed by atoms with Gasteiger partial charge < -0.3 is 24.8 Å². The van der Waals surface area contributed by atoms with Crippen LogP contribution < -0.4 is 19.9 Å². The molecule has 0 saturated carbocycles. The van der Waals surface area contributed by atoms with Crippen molar-refractivity contribution in [2.75, 3.05) is 41.3 Å². The number of hydrogen-bond acceptors (Lipinski definition) is 7. The predicted molar refractivity (Wildman–Crippen MR) is 148 cm³/mol. The quantitative estimate of drug-likeness (QED) is 0.207. The van der Waals surface area contributed by atoms with Crippen LogP contribution in [0.3, 0.4) is 0 Å². The van der Waals surface area contributed by atoms with Crippen LogP contribution >= 0.6 is 0 Å². The lowest BCUT2D eigenvalue weighted by molar-refractivity contribution is -0.137. The van der Waals surface area contributed by atoms with E-state index in [1.165, 1.54) is 12.1 Å². The monoisotopic (exact) mass is 566 g/mol. The minimum atomic E-state index is -4.41. The smallest absolute Gasteiger partial charge is 0.416 e. The maximum absolute atomic E-state index is 15.3. The summed E-state index contributed by atoms with van der Waals surface area (Å²) in [6, 6.07) is 13.7. The predicted octanol–water partition coefficient (Wildman–Crippen LogP) is 6.32. The Hall–Kier alpha value is -4.81. The summed E-state index contributed by atoms with van der Waals surface area (Å²) >= 11 is 0. The van der Waals surface area contributed by atoms with Gasteiger partial charge in [0.05, 0.1) is 5.56 Å². The van der Waals surface area contributed by atoms with Crippen LogP contribution in [0.4, 0.5) is 40.7 Å². The van der Waals surface area contributed by atoms with Crippen molar-refractivity contribution in [2.45, 2.75) is 20.0 Å². The molecule has 3 N–H and O–H groups in total. The maximum Gasteiger partial charge on any atom is 0.416 e. The molecule has 0 spiro atoms. The second kappa shape index (κ2) is 10.3. The molecule has 1 aliphatic rings. The number of H-pyrrole nitrogens is 2. The van der Waals surface area contributed by atoms with Crippen LogP contribution in [0.5, 0.6) is 11.8 Å². The molecular weight excluding hydrogens is 540 g/mol. The SMILES string of the molecule is Cc1cc(Nc2cc(N3CCN(c4cccc(C(F)(F)F)c4)CC3)nc(Oc3ccc4[nH]c(C)cc4c3F)n2)n[nH]1. The molecule has 0 unspecified atom stereocenters. The lowest BCUT2D eigenvalue weighted by Gasteiger charge is -2.37. The van der Waals surface area contributed by atoms with Crippen molar-refractivity contribution in [3.05, 3.63) is 77.4 Å². The van der Waals surface area contributed by atoms with Gasteiger partial charge in [0.1, 0.15) is 11.6 Å². The lowest BCUT2D eigenvalue weighted by Crippen LogP contribution is -2.47. The number of nitrogens with zero attached hydrogens (tertiary/aromatic N) is 5. The summed E-state index contributed by atoms with van der Waals surface area (Å²) < 4.78 is 60.8. The number of nitrogens with one attached hydrogen (secondary N) is 3. The number of aromatic amines is 2. The van der Waals surface area contributed by atoms with Crippen LogP contribution in [-0.2, 0) is 6.18 Å². The Morgan fingerprint density at radius 2 is 1.66 bits per heavy atom. The lowest BCUT2D eigenvalue weighted by atomic mass is 10.1. The van der Waals surface area contributed by atoms with E-state index in [0.717, 1.165) is 23.5 Å². The second-order valence-corrected chi connectivity index (χ2v) is 9.87. The van der Waals surface area contributed by atoms with Crippen LogP contribution in [-0.4, -0.2) is 51.3 Å². The number of aryl methyl sites for hydroxylation is 2. The van der Waals surface area contributed by atoms with Crippen molar-refractivity contribution in [1.29, 1.82) is 0 Å². The highest BCUT2D eigenvalue weighted by Crippen LogP contribution is 2.33. The van der Waals surface area contributed by atoms with Crippen molar-refractivity contribution in [3.63, 3.8) is 0 Å². The molecule has 0 radical (unpaired) electrons. The van der Waals surface area contributed by atoms with Gasteiger partial charge in [0.15, 0.2) is 17.4 Å². The Kier molecular flexibility index (Phi) is 6.64. The van der Waals surface area contributed by atoms with Gasteiger partial charge in [0.25, 0.3) is 0 Å². The number of piperazine rings is 1. The zero-order chi connectivity index (χ0) is 28.7. The number of halogens is 4. The number of aromatic nitrogens is 5. The first-order valence-corrected chi connectivity index (χ1v) is 12.9. The normalized spacial score (nSPS) is 14.1. The highest BCUT2D eigenvalue weighted by Gasteiger charge is 2.31. The first-order chi connectivity index (χ1) is 19.6. The molecule has 9 nitrogen and oxygen atoms in total. The van der Waals surface area contributed by atoms with E-state index in [0.29, 0.717) is 60.2 Å². The van der Waals surface area contributed by atoms with E-state index >= 15 is 4.39 Å². The number of rotatable bonds is 6. The molecule has 4 heterocycles. The summed E-state index contributed by atoms with van der Waals surface area (Å²) in [4.78, 5) is 16.0. The third kappa shape index (κ3) is 5.60. The number of fused-ring (bicyclic) bond motifs is 1. The minimum Gasteiger partial charge on any atom is -0.421 e. The maximum atomic E-state index is 15.3. The van der Waals surface area contributed by atoms with E-state index in [2.05, 4.69) is 30.5 Å². The first-order valence-electron chi connectivity index (χ1n) is 12.9. The molecule has 13 heteroatoms. The molecule has 1 aliphatic heterocycles. The van der Waals surface area contributed by atoms with Gasteiger partial charge >= 0.3 is 12.2 Å². The topological polar surface area (TPSA) is 98.0 Å². The Labute approximate surface area is 232 Å². The molecule has 1 fully saturated rings. The highest BCUT2D eigenvalue weighted by molar-refractivity contribution is 5.82. The molecule has 41 heavy (non-hydrogen) atoms. The Morgan fingerprint density at radius 3 is 2.39 bits per heavy atom. The zero-order valence-corrected chi connectivity index (χ0v) is 22.2. The van der Waals surface area contributed by atoms with Gasteiger partial charge in [-0.2, -0.15) is 28.2 Å². The zero-order valence-electron chi connectivity index (χ0n) is 22.2. The van der Waals surface area contributed by atoms with Crippen molar-refractivity contribution in [3.8, 4) is 11.8 Å². The molecule has 0 aliphatic carbocycles. The van der Waals surface area contributed by atoms with Gasteiger partial charge in [0.2, 0.25) is 0 Å². The number of hydrogen-bond donors (Lipinski definition) is 3. The highest BCUT2D eigenvalue weighted by atomic mass is 19.4. The van der Waals surface area contributed by atoms with Crippen molar-refractivity contribution >= 4 is 34.0 Å². The Balaban J connectivity index is 1.26. The van der Waals surface area contributed by atoms with Crippen molar-refractivity contribution < 1.29 is 22.3 Å². The summed E-state index contributed by atoms with van der Waals surface area (Å²) in [7, 11) is 0. The standard InChI is InChI=1S/C28H26F4N8O/c1-16-12-20-21(33-16)6-7-22(26(20)29)41-27-35-23(34-24-13-17(2)37-38-24)15-25(36-27)40-10-8-39(9-11-40)19-5-3-4-18(14-19)28(30,31)32/h3-7,12-15,33H,8-11H2,1-2H3,(H2,34,35,36,37,38). The van der Waals surface area contributed by atoms with Gasteiger partial charge in [-0.3, -0.25) is 5.10 Å². The van der Waals surface area contributed by atoms with E-state index in [-0.39, 0.29) is 11.8 Å². The van der Waals surface area contributed by atoms with Crippen LogP contribution in [0.15, 0.2) is 54.6 Å². The van der Waals surface area contributed by atoms with Crippen molar-refractivity contribution in [2.24, 2.45) is 0 Å². The molecule has 212 valence electrons. The molecule has 6 rings (SSSR count). The van der Waals surface area contributed by atoms with Gasteiger partial charge in [-0.1, -0.05) is 6.07 Å². The van der Waals surface area contributed by atoms with Crippen LogP contribution in [0, 0.1) is 19.7 Å². The third-order valence-electron chi connectivity index (χ3n) is 6.83. The molecule has 0 amide bonds. The molecular formula is C28H26F4N8O. The van der Waals surface area contributed by atoms with E-state index in [4.69, 9.17) is 4.74 Å². The van der Waals surface area contributed by atoms with E-state index in [1.807, 2.05) is 23.6 Å².